The third-order valence-corrected chi connectivity index (χ3v) is 2.59. The predicted molar refractivity (Wildman–Crippen MR) is 67.2 cm³/mol. The number of carboxylic acid groups (broad SMARTS) is 1. The Morgan fingerprint density at radius 2 is 2.12 bits per heavy atom. The molecule has 1 heterocycles. The molecule has 0 saturated heterocycles. The highest BCUT2D eigenvalue weighted by Gasteiger charge is 2.12. The van der Waals surface area contributed by atoms with Crippen LogP contribution in [-0.2, 0) is 4.79 Å². The number of rotatable bonds is 3. The number of para-hydroxylation sites is 1. The van der Waals surface area contributed by atoms with Crippen molar-refractivity contribution in [1.82, 2.24) is 4.98 Å². The molecule has 2 aromatic rings. The highest BCUT2D eigenvalue weighted by molar-refractivity contribution is 5.93. The SMILES string of the molecule is Cc1cc(NC(C)C(=O)O)c2ccccc2n1. The van der Waals surface area contributed by atoms with E-state index in [1.54, 1.807) is 6.92 Å². The first-order valence-corrected chi connectivity index (χ1v) is 5.43. The number of nitrogens with one attached hydrogen (secondary N) is 1. The summed E-state index contributed by atoms with van der Waals surface area (Å²) in [5.41, 5.74) is 2.54. The molecule has 1 atom stereocenters. The zero-order valence-electron chi connectivity index (χ0n) is 9.77. The number of nitrogens with zero attached hydrogens (tertiary/aromatic N) is 1. The Labute approximate surface area is 99.3 Å². The van der Waals surface area contributed by atoms with Gasteiger partial charge in [-0.05, 0) is 26.0 Å². The van der Waals surface area contributed by atoms with E-state index >= 15 is 0 Å². The van der Waals surface area contributed by atoms with Crippen molar-refractivity contribution in [2.45, 2.75) is 19.9 Å². The molecule has 1 aromatic carbocycles. The van der Waals surface area contributed by atoms with E-state index in [-0.39, 0.29) is 0 Å². The number of hydrogen-bond donors (Lipinski definition) is 2. The predicted octanol–water partition coefficient (Wildman–Crippen LogP) is 2.43. The zero-order chi connectivity index (χ0) is 12.4. The molecular formula is C13H14N2O2. The highest BCUT2D eigenvalue weighted by Crippen LogP contribution is 2.23. The number of carboxylic acids is 1. The van der Waals surface area contributed by atoms with E-state index < -0.39 is 12.0 Å². The Morgan fingerprint density at radius 3 is 2.82 bits per heavy atom. The first-order valence-electron chi connectivity index (χ1n) is 5.43. The van der Waals surface area contributed by atoms with Gasteiger partial charge in [0.25, 0.3) is 0 Å². The highest BCUT2D eigenvalue weighted by atomic mass is 16.4. The van der Waals surface area contributed by atoms with Crippen molar-refractivity contribution in [2.75, 3.05) is 5.32 Å². The van der Waals surface area contributed by atoms with Crippen LogP contribution in [0.5, 0.6) is 0 Å². The maximum Gasteiger partial charge on any atom is 0.325 e. The van der Waals surface area contributed by atoms with Crippen molar-refractivity contribution in [3.8, 4) is 0 Å². The van der Waals surface area contributed by atoms with Gasteiger partial charge in [-0.2, -0.15) is 0 Å². The topological polar surface area (TPSA) is 62.2 Å². The summed E-state index contributed by atoms with van der Waals surface area (Å²) in [7, 11) is 0. The first kappa shape index (κ1) is 11.4. The second-order valence-corrected chi connectivity index (χ2v) is 4.03. The maximum atomic E-state index is 10.8. The van der Waals surface area contributed by atoms with Gasteiger partial charge in [-0.3, -0.25) is 9.78 Å². The van der Waals surface area contributed by atoms with Gasteiger partial charge in [-0.15, -0.1) is 0 Å². The number of pyridine rings is 1. The Kier molecular flexibility index (Phi) is 2.95. The van der Waals surface area contributed by atoms with Gasteiger partial charge < -0.3 is 10.4 Å². The summed E-state index contributed by atoms with van der Waals surface area (Å²) in [6, 6.07) is 8.91. The van der Waals surface area contributed by atoms with Crippen molar-refractivity contribution >= 4 is 22.6 Å². The minimum absolute atomic E-state index is 0.625. The number of fused-ring (bicyclic) bond motifs is 1. The molecular weight excluding hydrogens is 216 g/mol. The molecule has 2 rings (SSSR count). The molecule has 4 nitrogen and oxygen atoms in total. The van der Waals surface area contributed by atoms with Crippen molar-refractivity contribution in [3.05, 3.63) is 36.0 Å². The molecule has 1 unspecified atom stereocenters. The first-order chi connectivity index (χ1) is 8.08. The average Bonchev–Trinajstić information content (AvgIpc) is 2.28. The largest absolute Gasteiger partial charge is 0.480 e. The smallest absolute Gasteiger partial charge is 0.325 e. The third-order valence-electron chi connectivity index (χ3n) is 2.59. The lowest BCUT2D eigenvalue weighted by Gasteiger charge is -2.13. The van der Waals surface area contributed by atoms with Gasteiger partial charge in [-0.1, -0.05) is 18.2 Å². The van der Waals surface area contributed by atoms with Crippen LogP contribution >= 0.6 is 0 Å². The molecule has 2 N–H and O–H groups in total. The van der Waals surface area contributed by atoms with Crippen LogP contribution < -0.4 is 5.32 Å². The van der Waals surface area contributed by atoms with Crippen molar-refractivity contribution < 1.29 is 9.90 Å². The Bertz CT molecular complexity index is 566. The minimum Gasteiger partial charge on any atom is -0.480 e. The fraction of sp³-hybridized carbons (Fsp3) is 0.231. The average molecular weight is 230 g/mol. The lowest BCUT2D eigenvalue weighted by molar-refractivity contribution is -0.137. The fourth-order valence-corrected chi connectivity index (χ4v) is 1.72. The number of carbonyl (C=O) groups is 1. The van der Waals surface area contributed by atoms with Crippen LogP contribution in [0, 0.1) is 6.92 Å². The van der Waals surface area contributed by atoms with Crippen molar-refractivity contribution in [3.63, 3.8) is 0 Å². The molecule has 0 bridgehead atoms. The lowest BCUT2D eigenvalue weighted by Crippen LogP contribution is -2.25. The van der Waals surface area contributed by atoms with Crippen LogP contribution in [-0.4, -0.2) is 22.1 Å². The summed E-state index contributed by atoms with van der Waals surface area (Å²) in [5.74, 6) is -0.872. The van der Waals surface area contributed by atoms with Gasteiger partial charge in [0, 0.05) is 16.8 Å². The van der Waals surface area contributed by atoms with Crippen LogP contribution in [0.25, 0.3) is 10.9 Å². The molecule has 0 aliphatic carbocycles. The Morgan fingerprint density at radius 1 is 1.41 bits per heavy atom. The van der Waals surface area contributed by atoms with Gasteiger partial charge in [0.05, 0.1) is 5.52 Å². The molecule has 0 aliphatic heterocycles. The number of aliphatic carboxylic acids is 1. The van der Waals surface area contributed by atoms with E-state index in [4.69, 9.17) is 5.11 Å². The van der Waals surface area contributed by atoms with Gasteiger partial charge in [0.2, 0.25) is 0 Å². The summed E-state index contributed by atoms with van der Waals surface area (Å²) in [6.07, 6.45) is 0. The van der Waals surface area contributed by atoms with Crippen LogP contribution in [0.3, 0.4) is 0 Å². The zero-order valence-corrected chi connectivity index (χ0v) is 9.77. The van der Waals surface area contributed by atoms with E-state index in [1.807, 2.05) is 37.3 Å². The summed E-state index contributed by atoms with van der Waals surface area (Å²) >= 11 is 0. The summed E-state index contributed by atoms with van der Waals surface area (Å²) in [4.78, 5) is 15.2. The Balaban J connectivity index is 2.49. The molecule has 0 radical (unpaired) electrons. The second-order valence-electron chi connectivity index (χ2n) is 4.03. The normalized spacial score (nSPS) is 12.4. The number of aryl methyl sites for hydroxylation is 1. The molecule has 0 aliphatic rings. The van der Waals surface area contributed by atoms with Gasteiger partial charge in [0.15, 0.2) is 0 Å². The van der Waals surface area contributed by atoms with Crippen LogP contribution in [0.4, 0.5) is 5.69 Å². The minimum atomic E-state index is -0.872. The van der Waals surface area contributed by atoms with E-state index in [0.29, 0.717) is 0 Å². The third kappa shape index (κ3) is 2.36. The van der Waals surface area contributed by atoms with Gasteiger partial charge in [-0.25, -0.2) is 0 Å². The molecule has 0 amide bonds. The molecule has 1 aromatic heterocycles. The van der Waals surface area contributed by atoms with Gasteiger partial charge in [0.1, 0.15) is 6.04 Å². The molecule has 0 fully saturated rings. The summed E-state index contributed by atoms with van der Waals surface area (Å²) < 4.78 is 0. The van der Waals surface area contributed by atoms with Crippen molar-refractivity contribution in [2.24, 2.45) is 0 Å². The standard InChI is InChI=1S/C13H14N2O2/c1-8-7-12(15-9(2)13(16)17)10-5-3-4-6-11(10)14-8/h3-7,9H,1-2H3,(H,14,15)(H,16,17). The van der Waals surface area contributed by atoms with Crippen LogP contribution in [0.15, 0.2) is 30.3 Å². The van der Waals surface area contributed by atoms with E-state index in [0.717, 1.165) is 22.3 Å². The van der Waals surface area contributed by atoms with Crippen LogP contribution in [0.2, 0.25) is 0 Å². The van der Waals surface area contributed by atoms with E-state index in [2.05, 4.69) is 10.3 Å². The molecule has 88 valence electrons. The maximum absolute atomic E-state index is 10.8. The number of benzene rings is 1. The lowest BCUT2D eigenvalue weighted by atomic mass is 10.1. The molecule has 17 heavy (non-hydrogen) atoms. The summed E-state index contributed by atoms with van der Waals surface area (Å²) in [5, 5.41) is 12.8. The number of aromatic nitrogens is 1. The fourth-order valence-electron chi connectivity index (χ4n) is 1.72. The van der Waals surface area contributed by atoms with Crippen LogP contribution in [0.1, 0.15) is 12.6 Å². The van der Waals surface area contributed by atoms with Crippen molar-refractivity contribution in [1.29, 1.82) is 0 Å². The molecule has 0 saturated carbocycles. The molecule has 4 heteroatoms. The second kappa shape index (κ2) is 4.41. The summed E-state index contributed by atoms with van der Waals surface area (Å²) in [6.45, 7) is 3.51. The monoisotopic (exact) mass is 230 g/mol. The van der Waals surface area contributed by atoms with E-state index in [9.17, 15) is 4.79 Å². The number of anilines is 1. The number of hydrogen-bond acceptors (Lipinski definition) is 3. The van der Waals surface area contributed by atoms with Gasteiger partial charge >= 0.3 is 5.97 Å². The molecule has 0 spiro atoms. The van der Waals surface area contributed by atoms with E-state index in [1.165, 1.54) is 0 Å². The Hall–Kier alpha value is -2.10. The quantitative estimate of drug-likeness (QED) is 0.850.